The van der Waals surface area contributed by atoms with E-state index in [0.29, 0.717) is 45.4 Å². The zero-order valence-electron chi connectivity index (χ0n) is 11.7. The van der Waals surface area contributed by atoms with Crippen LogP contribution in [0.1, 0.15) is 32.6 Å². The van der Waals surface area contributed by atoms with Crippen LogP contribution < -0.4 is 4.72 Å². The van der Waals surface area contributed by atoms with Crippen molar-refractivity contribution in [3.63, 3.8) is 0 Å². The molecule has 8 heteroatoms. The van der Waals surface area contributed by atoms with Gasteiger partial charge in [0.15, 0.2) is 0 Å². The van der Waals surface area contributed by atoms with E-state index in [-0.39, 0.29) is 6.54 Å². The number of carboxylic acids is 1. The molecule has 0 aromatic rings. The summed E-state index contributed by atoms with van der Waals surface area (Å²) in [6.45, 7) is 3.38. The molecule has 7 nitrogen and oxygen atoms in total. The Bertz CT molecular complexity index is 458. The second-order valence-corrected chi connectivity index (χ2v) is 7.49. The molecule has 116 valence electrons. The highest BCUT2D eigenvalue weighted by Gasteiger charge is 2.37. The third-order valence-electron chi connectivity index (χ3n) is 4.05. The summed E-state index contributed by atoms with van der Waals surface area (Å²) in [4.78, 5) is 11.0. The highest BCUT2D eigenvalue weighted by molar-refractivity contribution is 7.87. The Morgan fingerprint density at radius 2 is 2.05 bits per heavy atom. The van der Waals surface area contributed by atoms with Gasteiger partial charge in [0.05, 0.1) is 5.92 Å². The summed E-state index contributed by atoms with van der Waals surface area (Å²) in [7, 11) is -3.64. The van der Waals surface area contributed by atoms with Crippen LogP contribution in [-0.2, 0) is 19.7 Å². The molecule has 0 amide bonds. The molecule has 0 aromatic carbocycles. The zero-order valence-corrected chi connectivity index (χ0v) is 12.5. The number of hydrogen-bond donors (Lipinski definition) is 2. The summed E-state index contributed by atoms with van der Waals surface area (Å²) in [6.07, 6.45) is 2.37. The maximum absolute atomic E-state index is 12.4. The molecular weight excluding hydrogens is 284 g/mol. The molecule has 0 saturated carbocycles. The molecule has 2 rings (SSSR count). The minimum atomic E-state index is -3.64. The van der Waals surface area contributed by atoms with Crippen molar-refractivity contribution in [2.75, 3.05) is 26.3 Å². The second-order valence-electron chi connectivity index (χ2n) is 5.82. The molecule has 0 bridgehead atoms. The Labute approximate surface area is 119 Å². The minimum Gasteiger partial charge on any atom is -0.481 e. The maximum Gasteiger partial charge on any atom is 0.307 e. The SMILES string of the molecule is CC1(NS(=O)(=O)N2CCCC(C(=O)O)C2)CCOCC1. The Hall–Kier alpha value is -0.700. The lowest BCUT2D eigenvalue weighted by atomic mass is 9.94. The van der Waals surface area contributed by atoms with Crippen molar-refractivity contribution in [1.82, 2.24) is 9.03 Å². The van der Waals surface area contributed by atoms with Crippen LogP contribution in [-0.4, -0.2) is 55.6 Å². The van der Waals surface area contributed by atoms with Gasteiger partial charge in [0.25, 0.3) is 10.2 Å². The normalized spacial score (nSPS) is 28.1. The van der Waals surface area contributed by atoms with E-state index in [0.717, 1.165) is 0 Å². The molecule has 2 aliphatic rings. The number of carbonyl (C=O) groups is 1. The number of nitrogens with one attached hydrogen (secondary N) is 1. The lowest BCUT2D eigenvalue weighted by Crippen LogP contribution is -2.56. The Kier molecular flexibility index (Phi) is 4.68. The van der Waals surface area contributed by atoms with Crippen molar-refractivity contribution in [2.45, 2.75) is 38.1 Å². The van der Waals surface area contributed by atoms with Gasteiger partial charge >= 0.3 is 5.97 Å². The van der Waals surface area contributed by atoms with Crippen molar-refractivity contribution >= 4 is 16.2 Å². The summed E-state index contributed by atoms with van der Waals surface area (Å²) in [5.41, 5.74) is -0.507. The van der Waals surface area contributed by atoms with Crippen LogP contribution in [0.2, 0.25) is 0 Å². The van der Waals surface area contributed by atoms with Gasteiger partial charge in [-0.2, -0.15) is 17.4 Å². The summed E-state index contributed by atoms with van der Waals surface area (Å²) in [5.74, 6) is -1.54. The Morgan fingerprint density at radius 3 is 2.65 bits per heavy atom. The molecule has 2 fully saturated rings. The van der Waals surface area contributed by atoms with E-state index in [9.17, 15) is 13.2 Å². The molecule has 2 aliphatic heterocycles. The topological polar surface area (TPSA) is 95.9 Å². The van der Waals surface area contributed by atoms with Gasteiger partial charge < -0.3 is 9.84 Å². The van der Waals surface area contributed by atoms with Crippen LogP contribution >= 0.6 is 0 Å². The number of ether oxygens (including phenoxy) is 1. The zero-order chi connectivity index (χ0) is 14.8. The average molecular weight is 306 g/mol. The molecule has 0 aromatic heterocycles. The van der Waals surface area contributed by atoms with E-state index in [4.69, 9.17) is 9.84 Å². The van der Waals surface area contributed by atoms with Crippen LogP contribution in [0.5, 0.6) is 0 Å². The Balaban J connectivity index is 2.04. The number of nitrogens with zero attached hydrogens (tertiary/aromatic N) is 1. The summed E-state index contributed by atoms with van der Waals surface area (Å²) >= 11 is 0. The highest BCUT2D eigenvalue weighted by atomic mass is 32.2. The van der Waals surface area contributed by atoms with E-state index in [2.05, 4.69) is 4.72 Å². The Morgan fingerprint density at radius 1 is 1.40 bits per heavy atom. The number of carboxylic acid groups (broad SMARTS) is 1. The van der Waals surface area contributed by atoms with Gasteiger partial charge in [0.2, 0.25) is 0 Å². The highest BCUT2D eigenvalue weighted by Crippen LogP contribution is 2.24. The monoisotopic (exact) mass is 306 g/mol. The lowest BCUT2D eigenvalue weighted by molar-refractivity contribution is -0.142. The molecule has 2 N–H and O–H groups in total. The summed E-state index contributed by atoms with van der Waals surface area (Å²) in [6, 6.07) is 0. The maximum atomic E-state index is 12.4. The predicted molar refractivity (Wildman–Crippen MR) is 72.4 cm³/mol. The molecule has 2 heterocycles. The number of hydrogen-bond acceptors (Lipinski definition) is 4. The van der Waals surface area contributed by atoms with Crippen LogP contribution in [0.3, 0.4) is 0 Å². The average Bonchev–Trinajstić information content (AvgIpc) is 2.38. The van der Waals surface area contributed by atoms with Gasteiger partial charge in [-0.15, -0.1) is 0 Å². The first-order valence-corrected chi connectivity index (χ1v) is 8.36. The number of aliphatic carboxylic acids is 1. The van der Waals surface area contributed by atoms with Crippen LogP contribution in [0.25, 0.3) is 0 Å². The number of rotatable bonds is 4. The predicted octanol–water partition coefficient (Wildman–Crippen LogP) is 0.187. The van der Waals surface area contributed by atoms with Crippen molar-refractivity contribution < 1.29 is 23.1 Å². The van der Waals surface area contributed by atoms with Crippen molar-refractivity contribution in [1.29, 1.82) is 0 Å². The minimum absolute atomic E-state index is 0.0528. The molecule has 0 spiro atoms. The standard InChI is InChI=1S/C12H22N2O5S/c1-12(4-7-19-8-5-12)13-20(17,18)14-6-2-3-10(9-14)11(15)16/h10,13H,2-9H2,1H3,(H,15,16). The largest absolute Gasteiger partial charge is 0.481 e. The van der Waals surface area contributed by atoms with Gasteiger partial charge in [-0.25, -0.2) is 0 Å². The first kappa shape index (κ1) is 15.7. The molecule has 20 heavy (non-hydrogen) atoms. The molecule has 1 atom stereocenters. The van der Waals surface area contributed by atoms with Gasteiger partial charge in [-0.3, -0.25) is 4.79 Å². The molecule has 0 radical (unpaired) electrons. The van der Waals surface area contributed by atoms with E-state index in [1.165, 1.54) is 4.31 Å². The smallest absolute Gasteiger partial charge is 0.307 e. The fourth-order valence-corrected chi connectivity index (χ4v) is 4.36. The van der Waals surface area contributed by atoms with E-state index < -0.39 is 27.6 Å². The first-order valence-electron chi connectivity index (χ1n) is 6.92. The quantitative estimate of drug-likeness (QED) is 0.773. The van der Waals surface area contributed by atoms with E-state index in [1.807, 2.05) is 6.92 Å². The van der Waals surface area contributed by atoms with Crippen molar-refractivity contribution in [3.05, 3.63) is 0 Å². The third-order valence-corrected chi connectivity index (χ3v) is 5.81. The molecule has 1 unspecified atom stereocenters. The fraction of sp³-hybridized carbons (Fsp3) is 0.917. The van der Waals surface area contributed by atoms with Crippen molar-refractivity contribution in [3.8, 4) is 0 Å². The van der Waals surface area contributed by atoms with Gasteiger partial charge in [-0.05, 0) is 32.6 Å². The van der Waals surface area contributed by atoms with E-state index >= 15 is 0 Å². The molecule has 2 saturated heterocycles. The van der Waals surface area contributed by atoms with E-state index in [1.54, 1.807) is 0 Å². The van der Waals surface area contributed by atoms with Crippen molar-refractivity contribution in [2.24, 2.45) is 5.92 Å². The second kappa shape index (κ2) is 5.97. The third kappa shape index (κ3) is 3.69. The summed E-state index contributed by atoms with van der Waals surface area (Å²) in [5, 5.41) is 9.04. The lowest BCUT2D eigenvalue weighted by Gasteiger charge is -2.37. The molecule has 0 aliphatic carbocycles. The first-order chi connectivity index (χ1) is 9.32. The van der Waals surface area contributed by atoms with Gasteiger partial charge in [0, 0.05) is 31.8 Å². The summed E-state index contributed by atoms with van der Waals surface area (Å²) < 4.78 is 34.0. The van der Waals surface area contributed by atoms with Crippen LogP contribution in [0.4, 0.5) is 0 Å². The molecular formula is C12H22N2O5S. The number of piperidine rings is 1. The van der Waals surface area contributed by atoms with Crippen LogP contribution in [0, 0.1) is 5.92 Å². The van der Waals surface area contributed by atoms with Crippen LogP contribution in [0.15, 0.2) is 0 Å². The van der Waals surface area contributed by atoms with Gasteiger partial charge in [-0.1, -0.05) is 0 Å². The fourth-order valence-electron chi connectivity index (χ4n) is 2.66. The van der Waals surface area contributed by atoms with Gasteiger partial charge in [0.1, 0.15) is 0 Å².